The fourth-order valence-electron chi connectivity index (χ4n) is 3.56. The molecule has 29 heavy (non-hydrogen) atoms. The van der Waals surface area contributed by atoms with Gasteiger partial charge in [0, 0.05) is 36.7 Å². The highest BCUT2D eigenvalue weighted by Gasteiger charge is 2.30. The first kappa shape index (κ1) is 21.0. The van der Waals surface area contributed by atoms with Crippen LogP contribution in [0, 0.1) is 5.92 Å². The third-order valence-corrected chi connectivity index (χ3v) is 5.23. The molecule has 0 aliphatic carbocycles. The molecule has 1 atom stereocenters. The van der Waals surface area contributed by atoms with E-state index in [1.165, 1.54) is 4.90 Å². The number of carbonyl (C=O) groups is 3. The van der Waals surface area contributed by atoms with E-state index in [9.17, 15) is 14.4 Å². The third kappa shape index (κ3) is 4.85. The highest BCUT2D eigenvalue weighted by molar-refractivity contribution is 6.32. The van der Waals surface area contributed by atoms with Crippen LogP contribution in [-0.4, -0.2) is 65.9 Å². The quantitative estimate of drug-likeness (QED) is 0.699. The summed E-state index contributed by atoms with van der Waals surface area (Å²) in [5.74, 6) is -1.11. The number of esters is 1. The van der Waals surface area contributed by atoms with Crippen molar-refractivity contribution < 1.29 is 19.1 Å². The Balaban J connectivity index is 1.70. The van der Waals surface area contributed by atoms with Crippen molar-refractivity contribution in [2.24, 2.45) is 5.92 Å². The molecule has 1 aromatic carbocycles. The predicted octanol–water partition coefficient (Wildman–Crippen LogP) is 2.76. The second kappa shape index (κ2) is 9.22. The maximum absolute atomic E-state index is 13.0. The Bertz CT molecular complexity index is 933. The van der Waals surface area contributed by atoms with Gasteiger partial charge >= 0.3 is 5.97 Å². The standard InChI is InChI=1S/C21H24ClN3O4/c1-3-29-21(28)15-7-5-9-25(12-15)18(26)13-24(2)20(27)17-11-16(22)10-14-6-4-8-23-19(14)17/h4,6,8,10-11,15H,3,5,7,9,12-13H2,1-2H3. The first-order valence-corrected chi connectivity index (χ1v) is 10.0. The zero-order valence-corrected chi connectivity index (χ0v) is 17.3. The van der Waals surface area contributed by atoms with Crippen LogP contribution >= 0.6 is 11.6 Å². The molecule has 0 spiro atoms. The molecule has 1 aliphatic rings. The maximum atomic E-state index is 13.0. The van der Waals surface area contributed by atoms with Crippen molar-refractivity contribution in [2.75, 3.05) is 33.3 Å². The van der Waals surface area contributed by atoms with Gasteiger partial charge in [0.2, 0.25) is 5.91 Å². The van der Waals surface area contributed by atoms with Gasteiger partial charge in [-0.3, -0.25) is 19.4 Å². The summed E-state index contributed by atoms with van der Waals surface area (Å²) in [5.41, 5.74) is 0.896. The summed E-state index contributed by atoms with van der Waals surface area (Å²) in [6.07, 6.45) is 3.05. The molecule has 154 valence electrons. The third-order valence-electron chi connectivity index (χ3n) is 5.01. The zero-order chi connectivity index (χ0) is 21.0. The number of halogens is 1. The molecule has 1 saturated heterocycles. The van der Waals surface area contributed by atoms with E-state index in [1.54, 1.807) is 43.3 Å². The van der Waals surface area contributed by atoms with Crippen molar-refractivity contribution in [1.29, 1.82) is 0 Å². The first-order valence-electron chi connectivity index (χ1n) is 9.64. The average Bonchev–Trinajstić information content (AvgIpc) is 2.72. The summed E-state index contributed by atoms with van der Waals surface area (Å²) < 4.78 is 5.08. The number of aromatic nitrogens is 1. The van der Waals surface area contributed by atoms with Crippen LogP contribution in [0.3, 0.4) is 0 Å². The summed E-state index contributed by atoms with van der Waals surface area (Å²) >= 11 is 6.15. The summed E-state index contributed by atoms with van der Waals surface area (Å²) in [6, 6.07) is 6.92. The van der Waals surface area contributed by atoms with Gasteiger partial charge in [0.1, 0.15) is 0 Å². The number of likely N-dealkylation sites (N-methyl/N-ethyl adjacent to an activating group) is 1. The number of carbonyl (C=O) groups excluding carboxylic acids is 3. The molecule has 1 aliphatic heterocycles. The number of ether oxygens (including phenoxy) is 1. The van der Waals surface area contributed by atoms with Gasteiger partial charge in [-0.2, -0.15) is 0 Å². The molecule has 1 unspecified atom stereocenters. The summed E-state index contributed by atoms with van der Waals surface area (Å²) in [4.78, 5) is 45.0. The smallest absolute Gasteiger partial charge is 0.310 e. The molecule has 3 rings (SSSR count). The second-order valence-electron chi connectivity index (χ2n) is 7.12. The van der Waals surface area contributed by atoms with E-state index >= 15 is 0 Å². The number of likely N-dealkylation sites (tertiary alicyclic amines) is 1. The van der Waals surface area contributed by atoms with E-state index in [0.29, 0.717) is 42.2 Å². The summed E-state index contributed by atoms with van der Waals surface area (Å²) in [5, 5.41) is 1.19. The lowest BCUT2D eigenvalue weighted by Gasteiger charge is -2.32. The fraction of sp³-hybridized carbons (Fsp3) is 0.429. The number of piperidine rings is 1. The molecule has 1 aromatic heterocycles. The molecule has 2 amide bonds. The van der Waals surface area contributed by atoms with Crippen LogP contribution in [0.5, 0.6) is 0 Å². The van der Waals surface area contributed by atoms with Crippen molar-refractivity contribution >= 4 is 40.3 Å². The second-order valence-corrected chi connectivity index (χ2v) is 7.56. The Morgan fingerprint density at radius 3 is 2.90 bits per heavy atom. The summed E-state index contributed by atoms with van der Waals surface area (Å²) in [7, 11) is 1.57. The molecule has 0 saturated carbocycles. The molecule has 0 N–H and O–H groups in total. The lowest BCUT2D eigenvalue weighted by atomic mass is 9.98. The maximum Gasteiger partial charge on any atom is 0.310 e. The van der Waals surface area contributed by atoms with Crippen molar-refractivity contribution in [3.8, 4) is 0 Å². The van der Waals surface area contributed by atoms with Crippen LogP contribution in [0.25, 0.3) is 10.9 Å². The molecule has 2 heterocycles. The van der Waals surface area contributed by atoms with Gasteiger partial charge in [-0.15, -0.1) is 0 Å². The molecule has 0 radical (unpaired) electrons. The number of fused-ring (bicyclic) bond motifs is 1. The molecule has 2 aromatic rings. The molecular formula is C21H24ClN3O4. The number of hydrogen-bond acceptors (Lipinski definition) is 5. The van der Waals surface area contributed by atoms with Gasteiger partial charge in [0.15, 0.2) is 0 Å². The van der Waals surface area contributed by atoms with Gasteiger partial charge < -0.3 is 14.5 Å². The number of rotatable bonds is 5. The summed E-state index contributed by atoms with van der Waals surface area (Å²) in [6.45, 7) is 2.88. The van der Waals surface area contributed by atoms with Gasteiger partial charge in [-0.25, -0.2) is 0 Å². The minimum absolute atomic E-state index is 0.0881. The van der Waals surface area contributed by atoms with Crippen LogP contribution in [0.1, 0.15) is 30.1 Å². The van der Waals surface area contributed by atoms with Gasteiger partial charge in [0.25, 0.3) is 5.91 Å². The SMILES string of the molecule is CCOC(=O)C1CCCN(C(=O)CN(C)C(=O)c2cc(Cl)cc3cccnc23)C1. The van der Waals surface area contributed by atoms with E-state index in [-0.39, 0.29) is 30.2 Å². The Hall–Kier alpha value is -2.67. The van der Waals surface area contributed by atoms with E-state index in [0.717, 1.165) is 11.8 Å². The highest BCUT2D eigenvalue weighted by atomic mass is 35.5. The zero-order valence-electron chi connectivity index (χ0n) is 16.6. The van der Waals surface area contributed by atoms with Crippen LogP contribution in [0.2, 0.25) is 5.02 Å². The molecule has 7 nitrogen and oxygen atoms in total. The van der Waals surface area contributed by atoms with E-state index in [2.05, 4.69) is 4.98 Å². The van der Waals surface area contributed by atoms with Crippen molar-refractivity contribution in [3.63, 3.8) is 0 Å². The van der Waals surface area contributed by atoms with E-state index in [1.807, 2.05) is 6.07 Å². The lowest BCUT2D eigenvalue weighted by molar-refractivity contribution is -0.151. The number of benzene rings is 1. The van der Waals surface area contributed by atoms with Gasteiger partial charge in [-0.1, -0.05) is 17.7 Å². The Labute approximate surface area is 174 Å². The minimum Gasteiger partial charge on any atom is -0.466 e. The Morgan fingerprint density at radius 1 is 1.34 bits per heavy atom. The Kier molecular flexibility index (Phi) is 6.69. The molecule has 8 heteroatoms. The minimum atomic E-state index is -0.330. The van der Waals surface area contributed by atoms with Crippen molar-refractivity contribution in [2.45, 2.75) is 19.8 Å². The number of nitrogens with zero attached hydrogens (tertiary/aromatic N) is 3. The number of hydrogen-bond donors (Lipinski definition) is 0. The van der Waals surface area contributed by atoms with Crippen LogP contribution in [-0.2, 0) is 14.3 Å². The van der Waals surface area contributed by atoms with E-state index < -0.39 is 0 Å². The van der Waals surface area contributed by atoms with Crippen LogP contribution in [0.4, 0.5) is 0 Å². The fourth-order valence-corrected chi connectivity index (χ4v) is 3.78. The predicted molar refractivity (Wildman–Crippen MR) is 110 cm³/mol. The number of pyridine rings is 1. The molecular weight excluding hydrogens is 394 g/mol. The topological polar surface area (TPSA) is 79.8 Å². The van der Waals surface area contributed by atoms with Gasteiger partial charge in [-0.05, 0) is 38.0 Å². The highest BCUT2D eigenvalue weighted by Crippen LogP contribution is 2.23. The lowest BCUT2D eigenvalue weighted by Crippen LogP contribution is -2.47. The monoisotopic (exact) mass is 417 g/mol. The molecule has 1 fully saturated rings. The van der Waals surface area contributed by atoms with Crippen LogP contribution < -0.4 is 0 Å². The average molecular weight is 418 g/mol. The largest absolute Gasteiger partial charge is 0.466 e. The normalized spacial score (nSPS) is 16.5. The van der Waals surface area contributed by atoms with E-state index in [4.69, 9.17) is 16.3 Å². The van der Waals surface area contributed by atoms with Crippen LogP contribution in [0.15, 0.2) is 30.5 Å². The van der Waals surface area contributed by atoms with Crippen molar-refractivity contribution in [3.05, 3.63) is 41.0 Å². The Morgan fingerprint density at radius 2 is 2.14 bits per heavy atom. The van der Waals surface area contributed by atoms with Gasteiger partial charge in [0.05, 0.1) is 30.1 Å². The molecule has 0 bridgehead atoms. The first-order chi connectivity index (χ1) is 13.9. The van der Waals surface area contributed by atoms with Crippen molar-refractivity contribution in [1.82, 2.24) is 14.8 Å². The number of amides is 2.